The van der Waals surface area contributed by atoms with Crippen LogP contribution in [0, 0.1) is 0 Å². The van der Waals surface area contributed by atoms with Gasteiger partial charge in [-0.25, -0.2) is 9.97 Å². The third-order valence-electron chi connectivity index (χ3n) is 5.23. The van der Waals surface area contributed by atoms with Gasteiger partial charge in [-0.05, 0) is 23.8 Å². The Balaban J connectivity index is 1.62. The molecule has 0 unspecified atom stereocenters. The van der Waals surface area contributed by atoms with Crippen LogP contribution in [0.3, 0.4) is 0 Å². The van der Waals surface area contributed by atoms with E-state index in [0.29, 0.717) is 54.0 Å². The number of benzene rings is 1. The number of amides is 2. The summed E-state index contributed by atoms with van der Waals surface area (Å²) in [6.07, 6.45) is 3.42. The Morgan fingerprint density at radius 2 is 1.60 bits per heavy atom. The Hall–Kier alpha value is -2.97. The van der Waals surface area contributed by atoms with Crippen LogP contribution < -0.4 is 4.90 Å². The zero-order valence-corrected chi connectivity index (χ0v) is 17.4. The number of hydrogen-bond donors (Lipinski definition) is 0. The number of piperazine rings is 1. The number of carbonyl (C=O) groups excluding carboxylic acids is 2. The van der Waals surface area contributed by atoms with Gasteiger partial charge in [0, 0.05) is 50.7 Å². The van der Waals surface area contributed by atoms with Crippen LogP contribution in [-0.2, 0) is 14.3 Å². The third-order valence-corrected chi connectivity index (χ3v) is 5.48. The Bertz CT molecular complexity index is 956. The van der Waals surface area contributed by atoms with Crippen molar-refractivity contribution in [1.29, 1.82) is 0 Å². The number of imide groups is 1. The van der Waals surface area contributed by atoms with Crippen molar-refractivity contribution in [3.8, 4) is 0 Å². The second-order valence-corrected chi connectivity index (χ2v) is 7.44. The molecule has 1 aromatic carbocycles. The van der Waals surface area contributed by atoms with E-state index in [1.165, 1.54) is 4.90 Å². The molecule has 0 saturated carbocycles. The van der Waals surface area contributed by atoms with Gasteiger partial charge in [0.05, 0.1) is 18.7 Å². The van der Waals surface area contributed by atoms with E-state index in [1.807, 2.05) is 4.90 Å². The van der Waals surface area contributed by atoms with Crippen molar-refractivity contribution >= 4 is 34.9 Å². The van der Waals surface area contributed by atoms with E-state index in [9.17, 15) is 9.59 Å². The van der Waals surface area contributed by atoms with Crippen LogP contribution >= 0.6 is 11.6 Å². The predicted octanol–water partition coefficient (Wildman–Crippen LogP) is 1.68. The second-order valence-electron chi connectivity index (χ2n) is 7.01. The minimum atomic E-state index is -0.303. The van der Waals surface area contributed by atoms with Gasteiger partial charge in [0.25, 0.3) is 11.8 Å². The quantitative estimate of drug-likeness (QED) is 0.649. The number of methoxy groups -OCH3 is 1. The summed E-state index contributed by atoms with van der Waals surface area (Å²) in [7, 11) is 1.55. The fourth-order valence-corrected chi connectivity index (χ4v) is 3.83. The first-order valence-corrected chi connectivity index (χ1v) is 10.1. The summed E-state index contributed by atoms with van der Waals surface area (Å²) in [6, 6.07) is 8.78. The van der Waals surface area contributed by atoms with Gasteiger partial charge >= 0.3 is 0 Å². The molecule has 8 nitrogen and oxygen atoms in total. The lowest BCUT2D eigenvalue weighted by molar-refractivity contribution is -0.138. The van der Waals surface area contributed by atoms with Crippen molar-refractivity contribution in [2.24, 2.45) is 0 Å². The summed E-state index contributed by atoms with van der Waals surface area (Å²) in [6.45, 7) is 2.98. The lowest BCUT2D eigenvalue weighted by Gasteiger charge is -2.36. The van der Waals surface area contributed by atoms with E-state index in [2.05, 4.69) is 14.9 Å². The molecule has 1 aromatic heterocycles. The van der Waals surface area contributed by atoms with Gasteiger partial charge in [-0.15, -0.1) is 0 Å². The van der Waals surface area contributed by atoms with E-state index < -0.39 is 0 Å². The first-order valence-electron chi connectivity index (χ1n) is 9.72. The third kappa shape index (κ3) is 3.88. The molecule has 0 N–H and O–H groups in total. The summed E-state index contributed by atoms with van der Waals surface area (Å²) in [5.41, 5.74) is 1.53. The smallest absolute Gasteiger partial charge is 0.277 e. The monoisotopic (exact) mass is 427 g/mol. The van der Waals surface area contributed by atoms with Crippen LogP contribution in [0.4, 0.5) is 5.95 Å². The summed E-state index contributed by atoms with van der Waals surface area (Å²) in [4.78, 5) is 40.3. The van der Waals surface area contributed by atoms with Crippen molar-refractivity contribution in [2.75, 3.05) is 51.3 Å². The normalized spacial score (nSPS) is 17.3. The molecule has 2 aliphatic rings. The molecular weight excluding hydrogens is 406 g/mol. The van der Waals surface area contributed by atoms with Crippen LogP contribution in [0.5, 0.6) is 0 Å². The number of rotatable bonds is 6. The largest absolute Gasteiger partial charge is 0.383 e. The highest BCUT2D eigenvalue weighted by Crippen LogP contribution is 2.32. The van der Waals surface area contributed by atoms with E-state index in [1.54, 1.807) is 49.8 Å². The molecule has 4 rings (SSSR count). The minimum Gasteiger partial charge on any atom is -0.383 e. The molecule has 30 heavy (non-hydrogen) atoms. The van der Waals surface area contributed by atoms with Crippen molar-refractivity contribution < 1.29 is 14.3 Å². The fraction of sp³-hybridized carbons (Fsp3) is 0.333. The molecule has 0 spiro atoms. The van der Waals surface area contributed by atoms with Crippen molar-refractivity contribution in [2.45, 2.75) is 0 Å². The average molecular weight is 428 g/mol. The maximum atomic E-state index is 13.2. The van der Waals surface area contributed by atoms with Crippen LogP contribution in [-0.4, -0.2) is 78.0 Å². The number of carbonyl (C=O) groups is 2. The van der Waals surface area contributed by atoms with Gasteiger partial charge in [-0.2, -0.15) is 0 Å². The summed E-state index contributed by atoms with van der Waals surface area (Å²) in [5, 5.41) is 0.574. The van der Waals surface area contributed by atoms with Gasteiger partial charge < -0.3 is 14.5 Å². The standard InChI is InChI=1S/C21H22ClN5O3/c1-30-14-13-27-19(28)17(15-3-5-16(22)6-4-15)18(20(27)29)25-9-11-26(12-10-25)21-23-7-2-8-24-21/h2-8H,9-14H2,1H3. The molecule has 1 saturated heterocycles. The Labute approximate surface area is 179 Å². The van der Waals surface area contributed by atoms with Crippen LogP contribution in [0.25, 0.3) is 5.57 Å². The van der Waals surface area contributed by atoms with E-state index in [0.717, 1.165) is 0 Å². The van der Waals surface area contributed by atoms with E-state index >= 15 is 0 Å². The highest BCUT2D eigenvalue weighted by Gasteiger charge is 2.42. The molecule has 0 bridgehead atoms. The van der Waals surface area contributed by atoms with Crippen LogP contribution in [0.15, 0.2) is 48.4 Å². The number of nitrogens with zero attached hydrogens (tertiary/aromatic N) is 5. The number of halogens is 1. The molecule has 156 valence electrons. The Kier molecular flexibility index (Phi) is 5.96. The van der Waals surface area contributed by atoms with Crippen molar-refractivity contribution in [1.82, 2.24) is 19.8 Å². The Morgan fingerprint density at radius 1 is 0.967 bits per heavy atom. The molecule has 0 aliphatic carbocycles. The fourth-order valence-electron chi connectivity index (χ4n) is 3.70. The predicted molar refractivity (Wildman–Crippen MR) is 113 cm³/mol. The average Bonchev–Trinajstić information content (AvgIpc) is 3.03. The molecule has 0 atom stereocenters. The summed E-state index contributed by atoms with van der Waals surface area (Å²) < 4.78 is 5.08. The maximum absolute atomic E-state index is 13.2. The molecular formula is C21H22ClN5O3. The molecule has 2 amide bonds. The molecule has 2 aliphatic heterocycles. The van der Waals surface area contributed by atoms with Gasteiger partial charge in [-0.3, -0.25) is 14.5 Å². The Morgan fingerprint density at radius 3 is 2.23 bits per heavy atom. The minimum absolute atomic E-state index is 0.215. The first-order chi connectivity index (χ1) is 14.6. The van der Waals surface area contributed by atoms with Gasteiger partial charge in [0.1, 0.15) is 5.70 Å². The molecule has 2 aromatic rings. The lowest BCUT2D eigenvalue weighted by atomic mass is 10.0. The SMILES string of the molecule is COCCN1C(=O)C(c2ccc(Cl)cc2)=C(N2CCN(c3ncccn3)CC2)C1=O. The first kappa shape index (κ1) is 20.3. The lowest BCUT2D eigenvalue weighted by Crippen LogP contribution is -2.48. The van der Waals surface area contributed by atoms with Gasteiger partial charge in [0.2, 0.25) is 5.95 Å². The molecule has 9 heteroatoms. The zero-order chi connectivity index (χ0) is 21.1. The van der Waals surface area contributed by atoms with E-state index in [-0.39, 0.29) is 25.0 Å². The molecule has 0 radical (unpaired) electrons. The van der Waals surface area contributed by atoms with Crippen LogP contribution in [0.1, 0.15) is 5.56 Å². The molecule has 1 fully saturated rings. The van der Waals surface area contributed by atoms with Crippen LogP contribution in [0.2, 0.25) is 5.02 Å². The highest BCUT2D eigenvalue weighted by atomic mass is 35.5. The van der Waals surface area contributed by atoms with Gasteiger partial charge in [-0.1, -0.05) is 23.7 Å². The van der Waals surface area contributed by atoms with E-state index in [4.69, 9.17) is 16.3 Å². The summed E-state index contributed by atoms with van der Waals surface area (Å²) in [5.74, 6) is 0.0780. The van der Waals surface area contributed by atoms with Crippen molar-refractivity contribution in [3.05, 3.63) is 59.0 Å². The number of anilines is 1. The maximum Gasteiger partial charge on any atom is 0.277 e. The van der Waals surface area contributed by atoms with Crippen molar-refractivity contribution in [3.63, 3.8) is 0 Å². The topological polar surface area (TPSA) is 78.9 Å². The number of hydrogen-bond acceptors (Lipinski definition) is 7. The summed E-state index contributed by atoms with van der Waals surface area (Å²) >= 11 is 6.02. The molecule has 3 heterocycles. The number of ether oxygens (including phenoxy) is 1. The highest BCUT2D eigenvalue weighted by molar-refractivity contribution is 6.36. The van der Waals surface area contributed by atoms with Gasteiger partial charge in [0.15, 0.2) is 0 Å². The number of aromatic nitrogens is 2. The zero-order valence-electron chi connectivity index (χ0n) is 16.6. The second kappa shape index (κ2) is 8.81.